The first-order valence-electron chi connectivity index (χ1n) is 11.6. The van der Waals surface area contributed by atoms with Gasteiger partial charge in [0.2, 0.25) is 5.78 Å². The lowest BCUT2D eigenvalue weighted by Gasteiger charge is -2.46. The molecule has 12 heteroatoms. The maximum Gasteiger partial charge on any atom is 0.342 e. The summed E-state index contributed by atoms with van der Waals surface area (Å²) in [4.78, 5) is 52.2. The maximum atomic E-state index is 13.6. The van der Waals surface area contributed by atoms with Crippen molar-refractivity contribution in [2.45, 2.75) is 24.9 Å². The van der Waals surface area contributed by atoms with Crippen LogP contribution >= 0.6 is 0 Å². The summed E-state index contributed by atoms with van der Waals surface area (Å²) in [6.07, 6.45) is -0.272. The number of carbonyl (C=O) groups excluding carboxylic acids is 4. The Morgan fingerprint density at radius 2 is 1.84 bits per heavy atom. The van der Waals surface area contributed by atoms with E-state index >= 15 is 0 Å². The average molecular weight is 517 g/mol. The fourth-order valence-corrected chi connectivity index (χ4v) is 5.52. The molecule has 0 bridgehead atoms. The third kappa shape index (κ3) is 3.83. The van der Waals surface area contributed by atoms with Crippen LogP contribution in [0.15, 0.2) is 23.0 Å². The van der Waals surface area contributed by atoms with Gasteiger partial charge in [-0.05, 0) is 30.4 Å². The van der Waals surface area contributed by atoms with E-state index in [0.29, 0.717) is 11.3 Å². The monoisotopic (exact) mass is 516 g/mol. The van der Waals surface area contributed by atoms with Gasteiger partial charge in [0.25, 0.3) is 5.91 Å². The third-order valence-electron chi connectivity index (χ3n) is 7.26. The molecule has 1 aromatic carbocycles. The molecule has 37 heavy (non-hydrogen) atoms. The Hall–Kier alpha value is -3.90. The first-order chi connectivity index (χ1) is 17.4. The Labute approximate surface area is 211 Å². The molecule has 3 atom stereocenters. The van der Waals surface area contributed by atoms with Crippen LogP contribution < -0.4 is 10.6 Å². The molecule has 3 aliphatic carbocycles. The van der Waals surface area contributed by atoms with E-state index in [1.165, 1.54) is 13.2 Å². The molecule has 2 unspecified atom stereocenters. The number of nitrogens with zero attached hydrogens (tertiary/aromatic N) is 1. The van der Waals surface area contributed by atoms with Crippen LogP contribution in [0.4, 0.5) is 5.69 Å². The number of hydrogen-bond acceptors (Lipinski definition) is 11. The number of anilines is 1. The van der Waals surface area contributed by atoms with Gasteiger partial charge < -0.3 is 40.5 Å². The topological polar surface area (TPSA) is 197 Å². The van der Waals surface area contributed by atoms with E-state index in [1.807, 2.05) is 0 Å². The molecular formula is C25H28N2O10. The molecule has 4 rings (SSSR count). The van der Waals surface area contributed by atoms with Gasteiger partial charge in [0.05, 0.1) is 12.2 Å². The first-order valence-corrected chi connectivity index (χ1v) is 11.6. The van der Waals surface area contributed by atoms with Crippen LogP contribution in [0.1, 0.15) is 34.3 Å². The largest absolute Gasteiger partial charge is 0.508 e. The van der Waals surface area contributed by atoms with Crippen LogP contribution in [0, 0.1) is 11.8 Å². The highest BCUT2D eigenvalue weighted by molar-refractivity contribution is 6.22. The molecule has 3 aliphatic rings. The minimum Gasteiger partial charge on any atom is -0.508 e. The SMILES string of the molecule is COCCOC(=O)c1cc(N(C)C)c2c(c1O)C(O)=C1C(=O)[C@]3(O)C(O)=C(C(N)=O)C(=O)CC3CC1C2. The highest BCUT2D eigenvalue weighted by atomic mass is 16.6. The number of phenols is 1. The predicted octanol–water partition coefficient (Wildman–Crippen LogP) is 0.293. The number of aliphatic hydroxyl groups excluding tert-OH is 2. The van der Waals surface area contributed by atoms with Crippen molar-refractivity contribution in [2.24, 2.45) is 17.6 Å². The fourth-order valence-electron chi connectivity index (χ4n) is 5.52. The average Bonchev–Trinajstić information content (AvgIpc) is 2.81. The van der Waals surface area contributed by atoms with Crippen LogP contribution in [0.5, 0.6) is 5.75 Å². The second kappa shape index (κ2) is 9.20. The number of aromatic hydroxyl groups is 1. The highest BCUT2D eigenvalue weighted by Crippen LogP contribution is 2.53. The number of Topliss-reactive ketones (excluding diaryl/α,β-unsaturated/α-hetero) is 2. The van der Waals surface area contributed by atoms with Crippen molar-refractivity contribution in [1.29, 1.82) is 0 Å². The van der Waals surface area contributed by atoms with Crippen LogP contribution in [0.3, 0.4) is 0 Å². The van der Waals surface area contributed by atoms with Gasteiger partial charge in [0.15, 0.2) is 11.4 Å². The Morgan fingerprint density at radius 1 is 1.16 bits per heavy atom. The lowest BCUT2D eigenvalue weighted by Crippen LogP contribution is -2.58. The summed E-state index contributed by atoms with van der Waals surface area (Å²) < 4.78 is 9.98. The standard InChI is InChI=1S/C25H28N2O10/c1-27(2)14-9-13(24(34)37-5-4-36-3)19(29)17-12(14)7-10-6-11-8-15(28)18(23(26)33)22(32)25(11,35)21(31)16(10)20(17)30/h9-11,29-30,32,35H,4-8H2,1-3H3,(H2,26,33)/t10?,11?,25-/m0/s1. The second-order valence-corrected chi connectivity index (χ2v) is 9.58. The lowest BCUT2D eigenvalue weighted by atomic mass is 9.59. The van der Waals surface area contributed by atoms with Crippen LogP contribution in [-0.4, -0.2) is 83.9 Å². The molecule has 0 aliphatic heterocycles. The van der Waals surface area contributed by atoms with Gasteiger partial charge in [0.1, 0.15) is 35.0 Å². The van der Waals surface area contributed by atoms with Gasteiger partial charge in [-0.1, -0.05) is 0 Å². The zero-order chi connectivity index (χ0) is 27.4. The molecule has 0 aromatic heterocycles. The quantitative estimate of drug-likeness (QED) is 0.198. The van der Waals surface area contributed by atoms with Gasteiger partial charge in [-0.25, -0.2) is 4.79 Å². The molecule has 1 fully saturated rings. The molecule has 1 saturated carbocycles. The number of fused-ring (bicyclic) bond motifs is 3. The number of esters is 1. The summed E-state index contributed by atoms with van der Waals surface area (Å²) in [6.45, 7) is 0.0355. The van der Waals surface area contributed by atoms with Crippen molar-refractivity contribution in [2.75, 3.05) is 39.3 Å². The van der Waals surface area contributed by atoms with Crippen molar-refractivity contribution in [3.05, 3.63) is 39.7 Å². The minimum absolute atomic E-state index is 0.0113. The van der Waals surface area contributed by atoms with E-state index < -0.39 is 70.1 Å². The van der Waals surface area contributed by atoms with E-state index in [2.05, 4.69) is 0 Å². The molecular weight excluding hydrogens is 488 g/mol. The molecule has 0 radical (unpaired) electrons. The number of nitrogens with two attached hydrogens (primary N) is 1. The Morgan fingerprint density at radius 3 is 2.43 bits per heavy atom. The van der Waals surface area contributed by atoms with E-state index in [0.717, 1.165) is 0 Å². The number of hydrogen-bond donors (Lipinski definition) is 5. The zero-order valence-corrected chi connectivity index (χ0v) is 20.5. The minimum atomic E-state index is -2.66. The second-order valence-electron chi connectivity index (χ2n) is 9.58. The van der Waals surface area contributed by atoms with Crippen molar-refractivity contribution < 1.29 is 49.1 Å². The van der Waals surface area contributed by atoms with Gasteiger partial charge in [-0.15, -0.1) is 0 Å². The molecule has 198 valence electrons. The first kappa shape index (κ1) is 26.2. The Bertz CT molecular complexity index is 1290. The van der Waals surface area contributed by atoms with E-state index in [4.69, 9.17) is 15.2 Å². The normalized spacial score (nSPS) is 24.9. The number of phenolic OH excluding ortho intramolecular Hbond substituents is 1. The molecule has 0 heterocycles. The number of ketones is 2. The number of carbonyl (C=O) groups is 4. The van der Waals surface area contributed by atoms with Gasteiger partial charge >= 0.3 is 5.97 Å². The summed E-state index contributed by atoms with van der Waals surface area (Å²) in [5, 5.41) is 44.3. The van der Waals surface area contributed by atoms with E-state index in [-0.39, 0.29) is 42.8 Å². The summed E-state index contributed by atoms with van der Waals surface area (Å²) in [6, 6.07) is 1.42. The predicted molar refractivity (Wildman–Crippen MR) is 128 cm³/mol. The fraction of sp³-hybridized carbons (Fsp3) is 0.440. The number of methoxy groups -OCH3 is 1. The van der Waals surface area contributed by atoms with E-state index in [9.17, 15) is 39.6 Å². The van der Waals surface area contributed by atoms with Crippen molar-refractivity contribution in [3.8, 4) is 5.75 Å². The number of aliphatic hydroxyl groups is 3. The lowest BCUT2D eigenvalue weighted by molar-refractivity contribution is -0.147. The van der Waals surface area contributed by atoms with Crippen molar-refractivity contribution in [1.82, 2.24) is 0 Å². The van der Waals surface area contributed by atoms with Crippen molar-refractivity contribution >= 4 is 34.9 Å². The molecule has 0 spiro atoms. The smallest absolute Gasteiger partial charge is 0.342 e. The van der Waals surface area contributed by atoms with E-state index in [1.54, 1.807) is 19.0 Å². The molecule has 1 amide bonds. The van der Waals surface area contributed by atoms with Crippen LogP contribution in [0.25, 0.3) is 5.76 Å². The molecule has 12 nitrogen and oxygen atoms in total. The molecule has 1 aromatic rings. The number of primary amides is 1. The maximum absolute atomic E-state index is 13.6. The summed E-state index contributed by atoms with van der Waals surface area (Å²) >= 11 is 0. The number of benzene rings is 1. The molecule has 0 saturated heterocycles. The summed E-state index contributed by atoms with van der Waals surface area (Å²) in [5.74, 6) is -8.27. The van der Waals surface area contributed by atoms with Gasteiger partial charge in [-0.3, -0.25) is 14.4 Å². The summed E-state index contributed by atoms with van der Waals surface area (Å²) in [5.41, 5.74) is 1.87. The highest BCUT2D eigenvalue weighted by Gasteiger charge is 2.60. The number of ether oxygens (including phenoxy) is 2. The third-order valence-corrected chi connectivity index (χ3v) is 7.26. The Balaban J connectivity index is 1.90. The van der Waals surface area contributed by atoms with Crippen LogP contribution in [-0.2, 0) is 30.3 Å². The Kier molecular flexibility index (Phi) is 6.51. The van der Waals surface area contributed by atoms with Crippen LogP contribution in [0.2, 0.25) is 0 Å². The van der Waals surface area contributed by atoms with Gasteiger partial charge in [0, 0.05) is 44.8 Å². The van der Waals surface area contributed by atoms with Crippen molar-refractivity contribution in [3.63, 3.8) is 0 Å². The number of rotatable bonds is 6. The zero-order valence-electron chi connectivity index (χ0n) is 20.5. The number of amides is 1. The summed E-state index contributed by atoms with van der Waals surface area (Å²) in [7, 11) is 4.82. The molecule has 6 N–H and O–H groups in total. The van der Waals surface area contributed by atoms with Gasteiger partial charge in [-0.2, -0.15) is 0 Å².